The van der Waals surface area contributed by atoms with Crippen molar-refractivity contribution in [3.8, 4) is 11.1 Å². The second-order valence-electron chi connectivity index (χ2n) is 7.53. The van der Waals surface area contributed by atoms with Crippen molar-refractivity contribution >= 4 is 23.3 Å². The van der Waals surface area contributed by atoms with E-state index in [1.165, 1.54) is 0 Å². The lowest BCUT2D eigenvalue weighted by Gasteiger charge is -2.12. The first kappa shape index (κ1) is 19.2. The molecule has 1 N–H and O–H groups in total. The van der Waals surface area contributed by atoms with E-state index >= 15 is 0 Å². The van der Waals surface area contributed by atoms with Crippen LogP contribution >= 0.6 is 0 Å². The Morgan fingerprint density at radius 3 is 2.90 bits per heavy atom. The van der Waals surface area contributed by atoms with E-state index in [-0.39, 0.29) is 0 Å². The van der Waals surface area contributed by atoms with Crippen LogP contribution in [0.1, 0.15) is 60.0 Å². The SMILES string of the molecule is CCCCOC(=O)NCc1cccc(-c2cc(C=O)c(C3CC3)c3ccoc23)c1. The number of benzene rings is 2. The zero-order valence-corrected chi connectivity index (χ0v) is 16.6. The molecule has 1 amide bonds. The Bertz CT molecular complexity index is 1030. The minimum atomic E-state index is -0.408. The van der Waals surface area contributed by atoms with Gasteiger partial charge in [-0.05, 0) is 60.1 Å². The van der Waals surface area contributed by atoms with Crippen molar-refractivity contribution < 1.29 is 18.7 Å². The van der Waals surface area contributed by atoms with Gasteiger partial charge in [0.1, 0.15) is 11.9 Å². The molecule has 0 atom stereocenters. The van der Waals surface area contributed by atoms with Gasteiger partial charge in [-0.3, -0.25) is 4.79 Å². The topological polar surface area (TPSA) is 68.5 Å². The molecule has 0 saturated heterocycles. The molecule has 0 unspecified atom stereocenters. The largest absolute Gasteiger partial charge is 0.464 e. The quantitative estimate of drug-likeness (QED) is 0.388. The van der Waals surface area contributed by atoms with E-state index < -0.39 is 6.09 Å². The molecule has 5 heteroatoms. The number of furan rings is 1. The van der Waals surface area contributed by atoms with Gasteiger partial charge >= 0.3 is 6.09 Å². The van der Waals surface area contributed by atoms with Gasteiger partial charge in [0.25, 0.3) is 0 Å². The molecule has 5 nitrogen and oxygen atoms in total. The van der Waals surface area contributed by atoms with E-state index in [1.54, 1.807) is 6.26 Å². The highest BCUT2D eigenvalue weighted by molar-refractivity contribution is 6.00. The highest BCUT2D eigenvalue weighted by atomic mass is 16.5. The Hall–Kier alpha value is -3.08. The van der Waals surface area contributed by atoms with Crippen LogP contribution in [0, 0.1) is 0 Å². The first-order chi connectivity index (χ1) is 14.2. The smallest absolute Gasteiger partial charge is 0.407 e. The second kappa shape index (κ2) is 8.52. The fourth-order valence-electron chi connectivity index (χ4n) is 3.71. The summed E-state index contributed by atoms with van der Waals surface area (Å²) in [6.45, 7) is 2.86. The Morgan fingerprint density at radius 2 is 2.14 bits per heavy atom. The van der Waals surface area contributed by atoms with Crippen LogP contribution in [-0.4, -0.2) is 19.0 Å². The van der Waals surface area contributed by atoms with Gasteiger partial charge in [-0.15, -0.1) is 0 Å². The molecule has 0 spiro atoms. The molecule has 4 rings (SSSR count). The molecule has 0 aliphatic heterocycles. The summed E-state index contributed by atoms with van der Waals surface area (Å²) in [6, 6.07) is 11.8. The monoisotopic (exact) mass is 391 g/mol. The molecule has 150 valence electrons. The molecule has 1 heterocycles. The van der Waals surface area contributed by atoms with Gasteiger partial charge in [0.2, 0.25) is 0 Å². The average Bonchev–Trinajstić information content (AvgIpc) is 3.46. The zero-order valence-electron chi connectivity index (χ0n) is 16.6. The Labute approximate surface area is 170 Å². The lowest BCUT2D eigenvalue weighted by molar-refractivity contribution is 0.112. The van der Waals surface area contributed by atoms with E-state index in [2.05, 4.69) is 12.2 Å². The maximum absolute atomic E-state index is 11.8. The molecular formula is C24H25NO4. The minimum absolute atomic E-state index is 0.376. The van der Waals surface area contributed by atoms with Crippen LogP contribution in [0.3, 0.4) is 0 Å². The molecule has 3 aromatic rings. The molecule has 0 radical (unpaired) electrons. The van der Waals surface area contributed by atoms with Gasteiger partial charge in [-0.25, -0.2) is 4.79 Å². The zero-order chi connectivity index (χ0) is 20.2. The van der Waals surface area contributed by atoms with Gasteiger partial charge in [0.15, 0.2) is 0 Å². The molecule has 1 aromatic heterocycles. The molecule has 29 heavy (non-hydrogen) atoms. The van der Waals surface area contributed by atoms with Crippen molar-refractivity contribution in [1.29, 1.82) is 0 Å². The average molecular weight is 391 g/mol. The van der Waals surface area contributed by atoms with E-state index in [0.717, 1.165) is 70.8 Å². The summed E-state index contributed by atoms with van der Waals surface area (Å²) in [5, 5.41) is 3.81. The van der Waals surface area contributed by atoms with Gasteiger partial charge in [-0.2, -0.15) is 0 Å². The summed E-state index contributed by atoms with van der Waals surface area (Å²) in [4.78, 5) is 23.6. The maximum Gasteiger partial charge on any atom is 0.407 e. The van der Waals surface area contributed by atoms with Crippen LogP contribution < -0.4 is 5.32 Å². The van der Waals surface area contributed by atoms with Gasteiger partial charge in [-0.1, -0.05) is 31.5 Å². The van der Waals surface area contributed by atoms with E-state index in [4.69, 9.17) is 9.15 Å². The Kier molecular flexibility index (Phi) is 5.65. The van der Waals surface area contributed by atoms with Crippen LogP contribution in [0.25, 0.3) is 22.1 Å². The van der Waals surface area contributed by atoms with Crippen LogP contribution in [0.4, 0.5) is 4.79 Å². The molecule has 1 aliphatic rings. The Balaban J connectivity index is 1.59. The van der Waals surface area contributed by atoms with E-state index in [9.17, 15) is 9.59 Å². The first-order valence-electron chi connectivity index (χ1n) is 10.2. The van der Waals surface area contributed by atoms with Crippen LogP contribution in [-0.2, 0) is 11.3 Å². The number of ether oxygens (including phenoxy) is 1. The highest BCUT2D eigenvalue weighted by Gasteiger charge is 2.29. The normalized spacial score (nSPS) is 13.4. The highest BCUT2D eigenvalue weighted by Crippen LogP contribution is 2.46. The number of aldehydes is 1. The number of alkyl carbamates (subject to hydrolysis) is 1. The molecule has 1 aliphatic carbocycles. The fraction of sp³-hybridized carbons (Fsp3) is 0.333. The lowest BCUT2D eigenvalue weighted by Crippen LogP contribution is -2.24. The van der Waals surface area contributed by atoms with Gasteiger partial charge in [0.05, 0.1) is 12.9 Å². The first-order valence-corrected chi connectivity index (χ1v) is 10.2. The number of hydrogen-bond acceptors (Lipinski definition) is 4. The number of hydrogen-bond donors (Lipinski definition) is 1. The third-order valence-electron chi connectivity index (χ3n) is 5.33. The fourth-order valence-corrected chi connectivity index (χ4v) is 3.71. The standard InChI is InChI=1S/C24H25NO4/c1-2-3-10-29-24(27)25-14-16-5-4-6-18(12-16)21-13-19(15-26)22(17-7-8-17)20-9-11-28-23(20)21/h4-6,9,11-13,15,17H,2-3,7-8,10,14H2,1H3,(H,25,27). The van der Waals surface area contributed by atoms with Crippen molar-refractivity contribution in [1.82, 2.24) is 5.32 Å². The number of amides is 1. The van der Waals surface area contributed by atoms with E-state index in [0.29, 0.717) is 19.1 Å². The molecule has 1 saturated carbocycles. The third-order valence-corrected chi connectivity index (χ3v) is 5.33. The van der Waals surface area contributed by atoms with Crippen LogP contribution in [0.5, 0.6) is 0 Å². The van der Waals surface area contributed by atoms with Crippen molar-refractivity contribution in [2.75, 3.05) is 6.61 Å². The number of unbranched alkanes of at least 4 members (excludes halogenated alkanes) is 1. The number of carbonyl (C=O) groups excluding carboxylic acids is 2. The summed E-state index contributed by atoms with van der Waals surface area (Å²) >= 11 is 0. The number of nitrogens with one attached hydrogen (secondary N) is 1. The van der Waals surface area contributed by atoms with Crippen LogP contribution in [0.15, 0.2) is 47.1 Å². The maximum atomic E-state index is 11.8. The summed E-state index contributed by atoms with van der Waals surface area (Å²) in [6.07, 6.45) is 6.31. The van der Waals surface area contributed by atoms with Crippen molar-refractivity contribution in [3.05, 3.63) is 59.4 Å². The summed E-state index contributed by atoms with van der Waals surface area (Å²) in [7, 11) is 0. The molecular weight excluding hydrogens is 366 g/mol. The second-order valence-corrected chi connectivity index (χ2v) is 7.53. The Morgan fingerprint density at radius 1 is 1.28 bits per heavy atom. The van der Waals surface area contributed by atoms with Crippen molar-refractivity contribution in [2.45, 2.75) is 45.1 Å². The van der Waals surface area contributed by atoms with Gasteiger partial charge < -0.3 is 14.5 Å². The van der Waals surface area contributed by atoms with Crippen molar-refractivity contribution in [3.63, 3.8) is 0 Å². The predicted octanol–water partition coefficient (Wildman–Crippen LogP) is 5.82. The minimum Gasteiger partial charge on any atom is -0.464 e. The number of carbonyl (C=O) groups is 2. The summed E-state index contributed by atoms with van der Waals surface area (Å²) in [5.74, 6) is 0.457. The summed E-state index contributed by atoms with van der Waals surface area (Å²) < 4.78 is 10.9. The molecule has 1 fully saturated rings. The van der Waals surface area contributed by atoms with E-state index in [1.807, 2.05) is 36.4 Å². The molecule has 0 bridgehead atoms. The number of rotatable bonds is 8. The predicted molar refractivity (Wildman–Crippen MR) is 112 cm³/mol. The van der Waals surface area contributed by atoms with Crippen molar-refractivity contribution in [2.24, 2.45) is 0 Å². The van der Waals surface area contributed by atoms with Crippen LogP contribution in [0.2, 0.25) is 0 Å². The number of fused-ring (bicyclic) bond motifs is 1. The third kappa shape index (κ3) is 4.19. The molecule has 2 aromatic carbocycles. The lowest BCUT2D eigenvalue weighted by atomic mass is 9.93. The summed E-state index contributed by atoms with van der Waals surface area (Å²) in [5.41, 5.74) is 5.45. The van der Waals surface area contributed by atoms with Gasteiger partial charge in [0, 0.05) is 23.1 Å².